The van der Waals surface area contributed by atoms with Crippen molar-refractivity contribution in [1.29, 1.82) is 0 Å². The number of carboxylic acid groups (broad SMARTS) is 1. The van der Waals surface area contributed by atoms with Gasteiger partial charge in [-0.3, -0.25) is 0 Å². The summed E-state index contributed by atoms with van der Waals surface area (Å²) in [7, 11) is 0. The number of hydrogen-bond donors (Lipinski definition) is 1. The van der Waals surface area contributed by atoms with Gasteiger partial charge in [-0.25, -0.2) is 9.78 Å². The minimum atomic E-state index is -1.09. The highest BCUT2D eigenvalue weighted by Gasteiger charge is 2.23. The normalized spacial score (nSPS) is 13.9. The second-order valence-electron chi connectivity index (χ2n) is 5.25. The number of halogens is 2. The standard InChI is InChI=1S/C16H13Cl2NO3/c17-12-4-3-10(5-13(12)18)11-6-14(16(20)21)19-7-15(11)22-8-9-1-2-9/h3-7,9H,1-2,8H2,(H,20,21). The van der Waals surface area contributed by atoms with Crippen LogP contribution in [0.5, 0.6) is 5.75 Å². The first-order valence-electron chi connectivity index (χ1n) is 6.86. The number of nitrogens with zero attached hydrogens (tertiary/aromatic N) is 1. The fourth-order valence-corrected chi connectivity index (χ4v) is 2.35. The van der Waals surface area contributed by atoms with Crippen LogP contribution in [0, 0.1) is 5.92 Å². The van der Waals surface area contributed by atoms with E-state index in [1.54, 1.807) is 18.2 Å². The molecule has 0 unspecified atom stereocenters. The van der Waals surface area contributed by atoms with Crippen LogP contribution in [0.3, 0.4) is 0 Å². The number of ether oxygens (including phenoxy) is 1. The third-order valence-electron chi connectivity index (χ3n) is 3.49. The Labute approximate surface area is 137 Å². The third-order valence-corrected chi connectivity index (χ3v) is 4.23. The molecule has 1 N–H and O–H groups in total. The van der Waals surface area contributed by atoms with E-state index >= 15 is 0 Å². The van der Waals surface area contributed by atoms with Gasteiger partial charge in [-0.05, 0) is 42.5 Å². The number of carbonyl (C=O) groups is 1. The van der Waals surface area contributed by atoms with Gasteiger partial charge in [-0.15, -0.1) is 0 Å². The van der Waals surface area contributed by atoms with E-state index in [9.17, 15) is 4.79 Å². The lowest BCUT2D eigenvalue weighted by atomic mass is 10.0. The molecule has 1 aromatic carbocycles. The number of benzene rings is 1. The Hall–Kier alpha value is -1.78. The summed E-state index contributed by atoms with van der Waals surface area (Å²) in [5.74, 6) is 0.0474. The summed E-state index contributed by atoms with van der Waals surface area (Å²) in [5, 5.41) is 9.97. The molecular formula is C16H13Cl2NO3. The quantitative estimate of drug-likeness (QED) is 0.869. The van der Waals surface area contributed by atoms with Gasteiger partial charge in [0, 0.05) is 5.56 Å². The summed E-state index contributed by atoms with van der Waals surface area (Å²) in [5.41, 5.74) is 1.34. The fraction of sp³-hybridized carbons (Fsp3) is 0.250. The molecule has 114 valence electrons. The molecule has 1 fully saturated rings. The Kier molecular flexibility index (Phi) is 4.23. The molecule has 0 amide bonds. The van der Waals surface area contributed by atoms with Gasteiger partial charge in [-0.1, -0.05) is 29.3 Å². The maximum atomic E-state index is 11.1. The second kappa shape index (κ2) is 6.15. The van der Waals surface area contributed by atoms with Gasteiger partial charge in [-0.2, -0.15) is 0 Å². The van der Waals surface area contributed by atoms with Gasteiger partial charge in [0.05, 0.1) is 22.8 Å². The molecule has 0 bridgehead atoms. The first-order valence-corrected chi connectivity index (χ1v) is 7.62. The van der Waals surface area contributed by atoms with E-state index < -0.39 is 5.97 Å². The van der Waals surface area contributed by atoms with Crippen molar-refractivity contribution in [2.45, 2.75) is 12.8 Å². The van der Waals surface area contributed by atoms with Gasteiger partial charge >= 0.3 is 5.97 Å². The van der Waals surface area contributed by atoms with Gasteiger partial charge in [0.25, 0.3) is 0 Å². The number of aromatic nitrogens is 1. The van der Waals surface area contributed by atoms with Crippen LogP contribution in [0.25, 0.3) is 11.1 Å². The predicted octanol–water partition coefficient (Wildman–Crippen LogP) is 4.54. The highest BCUT2D eigenvalue weighted by Crippen LogP contribution is 2.36. The number of carboxylic acids is 1. The van der Waals surface area contributed by atoms with Crippen LogP contribution in [0.15, 0.2) is 30.5 Å². The van der Waals surface area contributed by atoms with E-state index in [-0.39, 0.29) is 5.69 Å². The molecule has 6 heteroatoms. The smallest absolute Gasteiger partial charge is 0.354 e. The minimum absolute atomic E-state index is 0.0418. The van der Waals surface area contributed by atoms with Gasteiger partial charge in [0.1, 0.15) is 11.4 Å². The van der Waals surface area contributed by atoms with Crippen molar-refractivity contribution in [1.82, 2.24) is 4.98 Å². The SMILES string of the molecule is O=C(O)c1cc(-c2ccc(Cl)c(Cl)c2)c(OCC2CC2)cn1. The molecule has 1 aromatic heterocycles. The number of aromatic carboxylic acids is 1. The Morgan fingerprint density at radius 2 is 2.05 bits per heavy atom. The molecule has 3 rings (SSSR count). The summed E-state index contributed by atoms with van der Waals surface area (Å²) in [6, 6.07) is 6.63. The van der Waals surface area contributed by atoms with Crippen LogP contribution in [0.2, 0.25) is 10.0 Å². The molecule has 1 heterocycles. The van der Waals surface area contributed by atoms with E-state index in [1.807, 2.05) is 0 Å². The van der Waals surface area contributed by atoms with Crippen molar-refractivity contribution in [2.24, 2.45) is 5.92 Å². The van der Waals surface area contributed by atoms with Crippen LogP contribution in [-0.4, -0.2) is 22.7 Å². The average Bonchev–Trinajstić information content (AvgIpc) is 3.32. The van der Waals surface area contributed by atoms with E-state index in [2.05, 4.69) is 4.98 Å². The minimum Gasteiger partial charge on any atom is -0.491 e. The maximum Gasteiger partial charge on any atom is 0.354 e. The highest BCUT2D eigenvalue weighted by molar-refractivity contribution is 6.42. The summed E-state index contributed by atoms with van der Waals surface area (Å²) in [6.45, 7) is 0.614. The molecule has 0 radical (unpaired) electrons. The van der Waals surface area contributed by atoms with Crippen molar-refractivity contribution in [3.63, 3.8) is 0 Å². The molecule has 2 aromatic rings. The maximum absolute atomic E-state index is 11.1. The van der Waals surface area contributed by atoms with Crippen LogP contribution in [0.4, 0.5) is 0 Å². The van der Waals surface area contributed by atoms with Gasteiger partial charge in [0.2, 0.25) is 0 Å². The molecule has 22 heavy (non-hydrogen) atoms. The zero-order valence-electron chi connectivity index (χ0n) is 11.6. The lowest BCUT2D eigenvalue weighted by molar-refractivity contribution is 0.0690. The van der Waals surface area contributed by atoms with Crippen molar-refractivity contribution < 1.29 is 14.6 Å². The number of pyridine rings is 1. The first-order chi connectivity index (χ1) is 10.5. The van der Waals surface area contributed by atoms with Crippen LogP contribution in [-0.2, 0) is 0 Å². The Morgan fingerprint density at radius 1 is 1.27 bits per heavy atom. The predicted molar refractivity (Wildman–Crippen MR) is 84.9 cm³/mol. The van der Waals surface area contributed by atoms with E-state index in [0.29, 0.717) is 33.9 Å². The second-order valence-corrected chi connectivity index (χ2v) is 6.07. The molecule has 0 saturated heterocycles. The molecule has 1 saturated carbocycles. The summed E-state index contributed by atoms with van der Waals surface area (Å²) < 4.78 is 5.79. The third kappa shape index (κ3) is 3.34. The molecule has 0 spiro atoms. The van der Waals surface area contributed by atoms with Crippen LogP contribution < -0.4 is 4.74 Å². The molecule has 0 aliphatic heterocycles. The van der Waals surface area contributed by atoms with E-state index in [4.69, 9.17) is 33.0 Å². The molecule has 1 aliphatic carbocycles. The monoisotopic (exact) mass is 337 g/mol. The van der Waals surface area contributed by atoms with Crippen molar-refractivity contribution in [3.8, 4) is 16.9 Å². The van der Waals surface area contributed by atoms with Crippen LogP contribution in [0.1, 0.15) is 23.3 Å². The van der Waals surface area contributed by atoms with E-state index in [1.165, 1.54) is 25.1 Å². The van der Waals surface area contributed by atoms with E-state index in [0.717, 1.165) is 5.56 Å². The number of rotatable bonds is 5. The fourth-order valence-electron chi connectivity index (χ4n) is 2.06. The zero-order valence-corrected chi connectivity index (χ0v) is 13.1. The average molecular weight is 338 g/mol. The van der Waals surface area contributed by atoms with Crippen molar-refractivity contribution in [3.05, 3.63) is 46.2 Å². The highest BCUT2D eigenvalue weighted by atomic mass is 35.5. The lowest BCUT2D eigenvalue weighted by Crippen LogP contribution is -2.05. The van der Waals surface area contributed by atoms with Crippen molar-refractivity contribution in [2.75, 3.05) is 6.61 Å². The first kappa shape index (κ1) is 15.1. The zero-order chi connectivity index (χ0) is 15.7. The largest absolute Gasteiger partial charge is 0.491 e. The number of hydrogen-bond acceptors (Lipinski definition) is 3. The summed E-state index contributed by atoms with van der Waals surface area (Å²) >= 11 is 12.0. The summed E-state index contributed by atoms with van der Waals surface area (Å²) in [4.78, 5) is 15.1. The van der Waals surface area contributed by atoms with Crippen molar-refractivity contribution >= 4 is 29.2 Å². The van der Waals surface area contributed by atoms with Crippen LogP contribution >= 0.6 is 23.2 Å². The Morgan fingerprint density at radius 3 is 2.68 bits per heavy atom. The Balaban J connectivity index is 2.01. The molecule has 4 nitrogen and oxygen atoms in total. The molecule has 1 aliphatic rings. The van der Waals surface area contributed by atoms with Gasteiger partial charge in [0.15, 0.2) is 0 Å². The molecule has 0 atom stereocenters. The lowest BCUT2D eigenvalue weighted by Gasteiger charge is -2.12. The summed E-state index contributed by atoms with van der Waals surface area (Å²) in [6.07, 6.45) is 3.79. The topological polar surface area (TPSA) is 59.4 Å². The molecular weight excluding hydrogens is 325 g/mol. The van der Waals surface area contributed by atoms with Gasteiger partial charge < -0.3 is 9.84 Å². The Bertz CT molecular complexity index is 729.